The van der Waals surface area contributed by atoms with Crippen LogP contribution in [0, 0.1) is 0 Å². The van der Waals surface area contributed by atoms with Gasteiger partial charge in [0.15, 0.2) is 6.61 Å². The third-order valence-corrected chi connectivity index (χ3v) is 2.39. The molecule has 0 fully saturated rings. The fourth-order valence-electron chi connectivity index (χ4n) is 1.13. The average molecular weight is 312 g/mol. The lowest BCUT2D eigenvalue weighted by molar-refractivity contribution is -0.153. The van der Waals surface area contributed by atoms with E-state index < -0.39 is 18.7 Å². The number of hydrogen-bond acceptors (Lipinski definition) is 2. The van der Waals surface area contributed by atoms with E-state index in [1.165, 1.54) is 18.2 Å². The predicted octanol–water partition coefficient (Wildman–Crippen LogP) is 2.42. The van der Waals surface area contributed by atoms with E-state index in [-0.39, 0.29) is 12.2 Å². The van der Waals surface area contributed by atoms with Gasteiger partial charge < -0.3 is 10.5 Å². The number of alkyl halides is 3. The summed E-state index contributed by atoms with van der Waals surface area (Å²) in [5.41, 5.74) is 5.59. The molecule has 1 rings (SSSR count). The number of primary amides is 1. The molecule has 1 aromatic carbocycles. The normalized spacial score (nSPS) is 11.3. The lowest BCUT2D eigenvalue weighted by atomic mass is 10.1. The Labute approximate surface area is 104 Å². The molecule has 0 aliphatic heterocycles. The summed E-state index contributed by atoms with van der Waals surface area (Å²) in [5.74, 6) is -0.448. The second kappa shape index (κ2) is 5.39. The molecule has 7 heteroatoms. The van der Waals surface area contributed by atoms with Crippen molar-refractivity contribution < 1.29 is 22.7 Å². The standard InChI is InChI=1S/C10H9BrF3NO2/c11-7-3-6(4-9(15)16)1-2-8(7)17-5-10(12,13)14/h1-3H,4-5H2,(H2,15,16). The van der Waals surface area contributed by atoms with Crippen molar-refractivity contribution >= 4 is 21.8 Å². The van der Waals surface area contributed by atoms with Crippen LogP contribution < -0.4 is 10.5 Å². The predicted molar refractivity (Wildman–Crippen MR) is 58.6 cm³/mol. The van der Waals surface area contributed by atoms with E-state index in [0.29, 0.717) is 10.0 Å². The largest absolute Gasteiger partial charge is 0.483 e. The van der Waals surface area contributed by atoms with Crippen molar-refractivity contribution in [2.45, 2.75) is 12.6 Å². The van der Waals surface area contributed by atoms with Crippen LogP contribution >= 0.6 is 15.9 Å². The highest BCUT2D eigenvalue weighted by atomic mass is 79.9. The summed E-state index contributed by atoms with van der Waals surface area (Å²) in [4.78, 5) is 10.6. The van der Waals surface area contributed by atoms with Crippen LogP contribution in [-0.2, 0) is 11.2 Å². The highest BCUT2D eigenvalue weighted by Crippen LogP contribution is 2.28. The van der Waals surface area contributed by atoms with E-state index in [0.717, 1.165) is 0 Å². The molecule has 0 aliphatic carbocycles. The Morgan fingerprint density at radius 2 is 2.06 bits per heavy atom. The van der Waals surface area contributed by atoms with Gasteiger partial charge in [-0.15, -0.1) is 0 Å². The molecular weight excluding hydrogens is 303 g/mol. The molecular formula is C10H9BrF3NO2. The van der Waals surface area contributed by atoms with Gasteiger partial charge in [-0.2, -0.15) is 13.2 Å². The number of carbonyl (C=O) groups is 1. The van der Waals surface area contributed by atoms with Gasteiger partial charge in [0, 0.05) is 0 Å². The molecule has 1 amide bonds. The number of amides is 1. The topological polar surface area (TPSA) is 52.3 Å². The summed E-state index contributed by atoms with van der Waals surface area (Å²) in [6.07, 6.45) is -4.36. The van der Waals surface area contributed by atoms with E-state index >= 15 is 0 Å². The number of ether oxygens (including phenoxy) is 1. The average Bonchev–Trinajstić information content (AvgIpc) is 2.13. The Kier molecular flexibility index (Phi) is 4.39. The number of benzene rings is 1. The fraction of sp³-hybridized carbons (Fsp3) is 0.300. The summed E-state index contributed by atoms with van der Waals surface area (Å²) in [6, 6.07) is 4.34. The first-order valence-electron chi connectivity index (χ1n) is 4.54. The SMILES string of the molecule is NC(=O)Cc1ccc(OCC(F)(F)F)c(Br)c1. The Bertz CT molecular complexity index is 421. The van der Waals surface area contributed by atoms with Crippen molar-refractivity contribution in [1.29, 1.82) is 0 Å². The van der Waals surface area contributed by atoms with Crippen molar-refractivity contribution in [2.24, 2.45) is 5.73 Å². The van der Waals surface area contributed by atoms with Crippen LogP contribution in [0.25, 0.3) is 0 Å². The molecule has 0 aliphatic rings. The maximum atomic E-state index is 11.9. The first-order valence-corrected chi connectivity index (χ1v) is 5.33. The molecule has 0 unspecified atom stereocenters. The van der Waals surface area contributed by atoms with Gasteiger partial charge in [0.05, 0.1) is 10.9 Å². The van der Waals surface area contributed by atoms with Gasteiger partial charge >= 0.3 is 6.18 Å². The minimum absolute atomic E-state index is 0.0259. The molecule has 1 aromatic rings. The molecule has 0 saturated carbocycles. The van der Waals surface area contributed by atoms with Crippen LogP contribution in [0.2, 0.25) is 0 Å². The van der Waals surface area contributed by atoms with Crippen LogP contribution in [0.4, 0.5) is 13.2 Å². The van der Waals surface area contributed by atoms with Crippen molar-refractivity contribution in [2.75, 3.05) is 6.61 Å². The molecule has 17 heavy (non-hydrogen) atoms. The number of nitrogens with two attached hydrogens (primary N) is 1. The van der Waals surface area contributed by atoms with Gasteiger partial charge in [0.2, 0.25) is 5.91 Å². The number of carbonyl (C=O) groups excluding carboxylic acids is 1. The Balaban J connectivity index is 2.73. The van der Waals surface area contributed by atoms with Gasteiger partial charge in [0.1, 0.15) is 5.75 Å². The third-order valence-electron chi connectivity index (χ3n) is 1.77. The number of halogens is 4. The third kappa shape index (κ3) is 5.08. The molecule has 0 atom stereocenters. The second-order valence-electron chi connectivity index (χ2n) is 3.31. The summed E-state index contributed by atoms with van der Waals surface area (Å²) >= 11 is 3.06. The van der Waals surface area contributed by atoms with E-state index in [2.05, 4.69) is 20.7 Å². The first-order chi connectivity index (χ1) is 7.78. The fourth-order valence-corrected chi connectivity index (χ4v) is 1.67. The molecule has 3 nitrogen and oxygen atoms in total. The number of rotatable bonds is 4. The van der Waals surface area contributed by atoms with E-state index in [4.69, 9.17) is 5.73 Å². The molecule has 94 valence electrons. The van der Waals surface area contributed by atoms with Gasteiger partial charge in [0.25, 0.3) is 0 Å². The van der Waals surface area contributed by atoms with Crippen LogP contribution in [0.1, 0.15) is 5.56 Å². The maximum Gasteiger partial charge on any atom is 0.422 e. The van der Waals surface area contributed by atoms with Gasteiger partial charge in [-0.1, -0.05) is 6.07 Å². The molecule has 0 heterocycles. The van der Waals surface area contributed by atoms with Crippen LogP contribution in [0.5, 0.6) is 5.75 Å². The minimum atomic E-state index is -4.38. The number of hydrogen-bond donors (Lipinski definition) is 1. The molecule has 0 saturated heterocycles. The van der Waals surface area contributed by atoms with Crippen molar-refractivity contribution in [3.05, 3.63) is 28.2 Å². The van der Waals surface area contributed by atoms with Crippen LogP contribution in [-0.4, -0.2) is 18.7 Å². The zero-order chi connectivity index (χ0) is 13.1. The van der Waals surface area contributed by atoms with E-state index in [9.17, 15) is 18.0 Å². The highest BCUT2D eigenvalue weighted by Gasteiger charge is 2.28. The summed E-state index contributed by atoms with van der Waals surface area (Å²) in [7, 11) is 0. The Morgan fingerprint density at radius 3 is 2.53 bits per heavy atom. The van der Waals surface area contributed by atoms with Crippen molar-refractivity contribution in [1.82, 2.24) is 0 Å². The molecule has 0 radical (unpaired) electrons. The first kappa shape index (κ1) is 13.8. The van der Waals surface area contributed by atoms with Crippen LogP contribution in [0.3, 0.4) is 0 Å². The zero-order valence-electron chi connectivity index (χ0n) is 8.55. The van der Waals surface area contributed by atoms with Crippen molar-refractivity contribution in [3.63, 3.8) is 0 Å². The lowest BCUT2D eigenvalue weighted by Gasteiger charge is -2.11. The monoisotopic (exact) mass is 311 g/mol. The highest BCUT2D eigenvalue weighted by molar-refractivity contribution is 9.10. The van der Waals surface area contributed by atoms with Gasteiger partial charge in [-0.25, -0.2) is 0 Å². The Morgan fingerprint density at radius 1 is 1.41 bits per heavy atom. The van der Waals surface area contributed by atoms with Crippen LogP contribution in [0.15, 0.2) is 22.7 Å². The van der Waals surface area contributed by atoms with Gasteiger partial charge in [-0.3, -0.25) is 4.79 Å². The Hall–Kier alpha value is -1.24. The quantitative estimate of drug-likeness (QED) is 0.928. The molecule has 0 aromatic heterocycles. The summed E-state index contributed by atoms with van der Waals surface area (Å²) in [5, 5.41) is 0. The zero-order valence-corrected chi connectivity index (χ0v) is 10.1. The minimum Gasteiger partial charge on any atom is -0.483 e. The summed E-state index contributed by atoms with van der Waals surface area (Å²) < 4.78 is 40.7. The van der Waals surface area contributed by atoms with E-state index in [1.54, 1.807) is 0 Å². The van der Waals surface area contributed by atoms with Crippen molar-refractivity contribution in [3.8, 4) is 5.75 Å². The molecule has 0 bridgehead atoms. The lowest BCUT2D eigenvalue weighted by Crippen LogP contribution is -2.19. The summed E-state index contributed by atoms with van der Waals surface area (Å²) in [6.45, 7) is -1.36. The molecule has 0 spiro atoms. The van der Waals surface area contributed by atoms with Gasteiger partial charge in [-0.05, 0) is 33.6 Å². The molecule has 2 N–H and O–H groups in total. The smallest absolute Gasteiger partial charge is 0.422 e. The van der Waals surface area contributed by atoms with E-state index in [1.807, 2.05) is 0 Å². The second-order valence-corrected chi connectivity index (χ2v) is 4.17. The maximum absolute atomic E-state index is 11.9.